The summed E-state index contributed by atoms with van der Waals surface area (Å²) >= 11 is 1.63. The summed E-state index contributed by atoms with van der Waals surface area (Å²) in [6.07, 6.45) is 6.21. The quantitative estimate of drug-likeness (QED) is 0.699. The zero-order valence-electron chi connectivity index (χ0n) is 9.46. The van der Waals surface area contributed by atoms with Crippen LogP contribution < -0.4 is 9.75 Å². The van der Waals surface area contributed by atoms with Crippen molar-refractivity contribution < 1.29 is 4.79 Å². The van der Waals surface area contributed by atoms with Gasteiger partial charge in [-0.05, 0) is 23.1 Å². The number of carbonyl (C=O) groups is 1. The molecule has 0 atom stereocenters. The third-order valence-corrected chi connectivity index (χ3v) is 3.93. The van der Waals surface area contributed by atoms with E-state index in [1.54, 1.807) is 11.3 Å². The van der Waals surface area contributed by atoms with Crippen molar-refractivity contribution in [2.45, 2.75) is 33.6 Å². The predicted octanol–water partition coefficient (Wildman–Crippen LogP) is 2.33. The summed E-state index contributed by atoms with van der Waals surface area (Å²) in [7, 11) is 0. The molecule has 1 aromatic heterocycles. The fraction of sp³-hybridized carbons (Fsp3) is 0.462. The Kier molecular flexibility index (Phi) is 2.55. The molecule has 2 heteroatoms. The normalized spacial score (nSPS) is 17.5. The van der Waals surface area contributed by atoms with E-state index in [4.69, 9.17) is 0 Å². The molecule has 0 saturated heterocycles. The molecule has 0 unspecified atom stereocenters. The molecule has 0 radical (unpaired) electrons. The van der Waals surface area contributed by atoms with Crippen LogP contribution >= 0.6 is 11.3 Å². The topological polar surface area (TPSA) is 17.1 Å². The van der Waals surface area contributed by atoms with E-state index in [1.807, 2.05) is 13.0 Å². The van der Waals surface area contributed by atoms with Gasteiger partial charge >= 0.3 is 0 Å². The van der Waals surface area contributed by atoms with Gasteiger partial charge < -0.3 is 0 Å². The van der Waals surface area contributed by atoms with Gasteiger partial charge in [-0.25, -0.2) is 0 Å². The first-order valence-corrected chi connectivity index (χ1v) is 6.19. The van der Waals surface area contributed by atoms with Crippen molar-refractivity contribution in [3.63, 3.8) is 0 Å². The maximum absolute atomic E-state index is 11.6. The molecular weight excluding hydrogens is 204 g/mol. The van der Waals surface area contributed by atoms with Crippen LogP contribution in [0, 0.1) is 5.41 Å². The van der Waals surface area contributed by atoms with Crippen LogP contribution in [0.25, 0.3) is 12.2 Å². The highest BCUT2D eigenvalue weighted by molar-refractivity contribution is 7.12. The Labute approximate surface area is 94.1 Å². The van der Waals surface area contributed by atoms with Gasteiger partial charge in [-0.15, -0.1) is 11.3 Å². The summed E-state index contributed by atoms with van der Waals surface area (Å²) in [5, 5.41) is 1.24. The van der Waals surface area contributed by atoms with E-state index in [1.165, 1.54) is 9.75 Å². The summed E-state index contributed by atoms with van der Waals surface area (Å²) < 4.78 is 1.27. The monoisotopic (exact) mass is 220 g/mol. The predicted molar refractivity (Wildman–Crippen MR) is 65.5 cm³/mol. The number of fused-ring (bicyclic) bond motifs is 1. The lowest BCUT2D eigenvalue weighted by Gasteiger charge is -2.19. The number of hydrogen-bond donors (Lipinski definition) is 0. The van der Waals surface area contributed by atoms with Gasteiger partial charge in [0.25, 0.3) is 0 Å². The lowest BCUT2D eigenvalue weighted by atomic mass is 9.86. The van der Waals surface area contributed by atoms with Gasteiger partial charge in [0.1, 0.15) is 0 Å². The van der Waals surface area contributed by atoms with Crippen molar-refractivity contribution >= 4 is 29.3 Å². The third kappa shape index (κ3) is 2.05. The molecule has 0 bridgehead atoms. The van der Waals surface area contributed by atoms with Gasteiger partial charge in [0.05, 0.1) is 4.88 Å². The van der Waals surface area contributed by atoms with Gasteiger partial charge in [0.2, 0.25) is 0 Å². The van der Waals surface area contributed by atoms with E-state index >= 15 is 0 Å². The second-order valence-electron chi connectivity index (χ2n) is 4.75. The minimum atomic E-state index is 0.237. The fourth-order valence-corrected chi connectivity index (χ4v) is 2.92. The van der Waals surface area contributed by atoms with Crippen LogP contribution in [0.1, 0.15) is 43.3 Å². The summed E-state index contributed by atoms with van der Waals surface area (Å²) in [4.78, 5) is 12.5. The highest BCUT2D eigenvalue weighted by Gasteiger charge is 2.17. The molecule has 1 aromatic rings. The number of carbonyl (C=O) groups excluding carboxylic acids is 1. The Bertz CT molecular complexity index is 505. The van der Waals surface area contributed by atoms with E-state index in [-0.39, 0.29) is 11.2 Å². The molecule has 1 nitrogen and oxygen atoms in total. The van der Waals surface area contributed by atoms with Crippen molar-refractivity contribution in [1.82, 2.24) is 0 Å². The molecule has 1 heterocycles. The molecule has 0 aliphatic heterocycles. The minimum absolute atomic E-state index is 0.237. The smallest absolute Gasteiger partial charge is 0.172 e. The second kappa shape index (κ2) is 3.60. The van der Waals surface area contributed by atoms with Crippen molar-refractivity contribution in [3.8, 4) is 0 Å². The standard InChI is InChI=1S/C13H16OS/c1-4-10(14)12-7-9-8-13(2,3)6-5-11(9)15-12/h5,7-8H,4,6H2,1-3H3. The van der Waals surface area contributed by atoms with Crippen LogP contribution in [0.3, 0.4) is 0 Å². The molecule has 0 amide bonds. The Morgan fingerprint density at radius 1 is 1.53 bits per heavy atom. The summed E-state index contributed by atoms with van der Waals surface area (Å²) in [6, 6.07) is 2.04. The molecule has 0 N–H and O–H groups in total. The summed E-state index contributed by atoms with van der Waals surface area (Å²) in [6.45, 7) is 6.37. The molecule has 1 aliphatic carbocycles. The maximum Gasteiger partial charge on any atom is 0.172 e. The SMILES string of the molecule is CCC(=O)c1cc2c(s1)=CCC(C)(C)C=2. The van der Waals surface area contributed by atoms with Gasteiger partial charge in [0.15, 0.2) is 5.78 Å². The average molecular weight is 220 g/mol. The van der Waals surface area contributed by atoms with E-state index < -0.39 is 0 Å². The molecule has 0 fully saturated rings. The second-order valence-corrected chi connectivity index (χ2v) is 5.83. The lowest BCUT2D eigenvalue weighted by molar-refractivity contribution is 0.0992. The fourth-order valence-electron chi connectivity index (χ4n) is 1.84. The number of Topliss-reactive ketones (excluding diaryl/α,β-unsaturated/α-hetero) is 1. The number of rotatable bonds is 2. The molecule has 80 valence electrons. The van der Waals surface area contributed by atoms with Crippen LogP contribution in [0.2, 0.25) is 0 Å². The van der Waals surface area contributed by atoms with E-state index in [0.717, 1.165) is 11.3 Å². The minimum Gasteiger partial charge on any atom is -0.293 e. The van der Waals surface area contributed by atoms with E-state index in [0.29, 0.717) is 6.42 Å². The maximum atomic E-state index is 11.6. The van der Waals surface area contributed by atoms with Crippen molar-refractivity contribution in [2.75, 3.05) is 0 Å². The molecule has 1 aliphatic rings. The number of ketones is 1. The zero-order valence-corrected chi connectivity index (χ0v) is 10.3. The van der Waals surface area contributed by atoms with Gasteiger partial charge in [-0.3, -0.25) is 4.79 Å². The molecule has 0 spiro atoms. The third-order valence-electron chi connectivity index (χ3n) is 2.75. The highest BCUT2D eigenvalue weighted by Crippen LogP contribution is 2.24. The van der Waals surface area contributed by atoms with Crippen LogP contribution in [0.15, 0.2) is 6.07 Å². The molecule has 15 heavy (non-hydrogen) atoms. The number of thiophene rings is 1. The Balaban J connectivity index is 2.55. The Morgan fingerprint density at radius 3 is 2.93 bits per heavy atom. The van der Waals surface area contributed by atoms with Crippen LogP contribution in [0.5, 0.6) is 0 Å². The summed E-state index contributed by atoms with van der Waals surface area (Å²) in [5.74, 6) is 0.258. The Morgan fingerprint density at radius 2 is 2.27 bits per heavy atom. The van der Waals surface area contributed by atoms with E-state index in [2.05, 4.69) is 26.0 Å². The van der Waals surface area contributed by atoms with Crippen molar-refractivity contribution in [1.29, 1.82) is 0 Å². The van der Waals surface area contributed by atoms with Crippen LogP contribution in [-0.4, -0.2) is 5.78 Å². The lowest BCUT2D eigenvalue weighted by Crippen LogP contribution is -2.27. The number of hydrogen-bond acceptors (Lipinski definition) is 2. The average Bonchev–Trinajstić information content (AvgIpc) is 2.57. The first kappa shape index (κ1) is 10.6. The molecule has 2 rings (SSSR count). The van der Waals surface area contributed by atoms with Crippen molar-refractivity contribution in [3.05, 3.63) is 20.7 Å². The zero-order chi connectivity index (χ0) is 11.1. The first-order chi connectivity index (χ1) is 7.02. The molecule has 0 saturated carbocycles. The summed E-state index contributed by atoms with van der Waals surface area (Å²) in [5.41, 5.74) is 0.237. The van der Waals surface area contributed by atoms with Gasteiger partial charge in [-0.1, -0.05) is 32.9 Å². The molecular formula is C13H16OS. The van der Waals surface area contributed by atoms with Crippen molar-refractivity contribution in [2.24, 2.45) is 5.41 Å². The van der Waals surface area contributed by atoms with Gasteiger partial charge in [0, 0.05) is 11.0 Å². The van der Waals surface area contributed by atoms with E-state index in [9.17, 15) is 4.79 Å². The molecule has 0 aromatic carbocycles. The first-order valence-electron chi connectivity index (χ1n) is 5.38. The highest BCUT2D eigenvalue weighted by atomic mass is 32.1. The van der Waals surface area contributed by atoms with Crippen LogP contribution in [0.4, 0.5) is 0 Å². The van der Waals surface area contributed by atoms with Gasteiger partial charge in [-0.2, -0.15) is 0 Å². The Hall–Kier alpha value is -0.890. The van der Waals surface area contributed by atoms with Crippen LogP contribution in [-0.2, 0) is 0 Å². The largest absolute Gasteiger partial charge is 0.293 e.